The lowest BCUT2D eigenvalue weighted by atomic mass is 10.2. The van der Waals surface area contributed by atoms with Crippen LogP contribution in [-0.4, -0.2) is 52.2 Å². The van der Waals surface area contributed by atoms with Crippen LogP contribution in [0.5, 0.6) is 11.6 Å². The fraction of sp³-hybridized carbons (Fsp3) is 0.364. The van der Waals surface area contributed by atoms with Gasteiger partial charge in [0.25, 0.3) is 11.8 Å². The van der Waals surface area contributed by atoms with Crippen LogP contribution in [0.1, 0.15) is 41.4 Å². The van der Waals surface area contributed by atoms with Crippen LogP contribution in [0.15, 0.2) is 47.1 Å². The lowest BCUT2D eigenvalue weighted by Gasteiger charge is -2.18. The van der Waals surface area contributed by atoms with Gasteiger partial charge in [0.2, 0.25) is 5.88 Å². The fourth-order valence-corrected chi connectivity index (χ4v) is 3.60. The van der Waals surface area contributed by atoms with E-state index in [-0.39, 0.29) is 12.0 Å². The number of para-hydroxylation sites is 1. The minimum absolute atomic E-state index is 0.0597. The van der Waals surface area contributed by atoms with Crippen molar-refractivity contribution >= 4 is 5.91 Å². The van der Waals surface area contributed by atoms with Crippen molar-refractivity contribution in [1.82, 2.24) is 20.0 Å². The van der Waals surface area contributed by atoms with Gasteiger partial charge in [0.05, 0.1) is 24.8 Å². The van der Waals surface area contributed by atoms with E-state index in [2.05, 4.69) is 15.1 Å². The van der Waals surface area contributed by atoms with E-state index >= 15 is 0 Å². The lowest BCUT2D eigenvalue weighted by Crippen LogP contribution is -2.31. The number of carbonyl (C=O) groups is 1. The summed E-state index contributed by atoms with van der Waals surface area (Å²) in [7, 11) is 1.55. The Hall–Kier alpha value is -3.42. The molecule has 3 heterocycles. The molecule has 8 heteroatoms. The molecule has 1 saturated heterocycles. The number of benzene rings is 1. The summed E-state index contributed by atoms with van der Waals surface area (Å²) in [5.74, 6) is 2.78. The Kier molecular flexibility index (Phi) is 4.82. The zero-order valence-corrected chi connectivity index (χ0v) is 16.7. The number of aromatic nitrogens is 3. The van der Waals surface area contributed by atoms with Gasteiger partial charge in [-0.2, -0.15) is 4.98 Å². The van der Waals surface area contributed by atoms with Crippen LogP contribution in [0.3, 0.4) is 0 Å². The summed E-state index contributed by atoms with van der Waals surface area (Å²) in [6.45, 7) is 1.14. The topological polar surface area (TPSA) is 90.6 Å². The molecule has 30 heavy (non-hydrogen) atoms. The highest BCUT2D eigenvalue weighted by atomic mass is 16.5. The molecule has 1 aromatic carbocycles. The molecule has 0 spiro atoms. The number of rotatable bonds is 6. The molecule has 154 valence electrons. The molecule has 1 amide bonds. The normalized spacial score (nSPS) is 18.4. The largest absolute Gasteiger partial charge is 0.488 e. The quantitative estimate of drug-likeness (QED) is 0.620. The van der Waals surface area contributed by atoms with Crippen molar-refractivity contribution in [3.8, 4) is 23.1 Å². The Morgan fingerprint density at radius 2 is 2.03 bits per heavy atom. The average molecular weight is 406 g/mol. The van der Waals surface area contributed by atoms with Gasteiger partial charge in [-0.05, 0) is 31.0 Å². The SMILES string of the molecule is COc1ccc(C(=O)N2CCC(Oc3ccccc3-c3nc(C4CC4)no3)C2)cn1. The number of nitrogens with zero attached hydrogens (tertiary/aromatic N) is 4. The molecule has 3 aromatic rings. The van der Waals surface area contributed by atoms with Crippen molar-refractivity contribution in [2.45, 2.75) is 31.3 Å². The summed E-state index contributed by atoms with van der Waals surface area (Å²) in [5, 5.41) is 4.10. The van der Waals surface area contributed by atoms with Crippen molar-refractivity contribution in [3.63, 3.8) is 0 Å². The summed E-state index contributed by atoms with van der Waals surface area (Å²) < 4.78 is 16.8. The molecule has 2 aliphatic rings. The first-order valence-electron chi connectivity index (χ1n) is 10.1. The standard InChI is InChI=1S/C22H22N4O4/c1-28-19-9-8-15(12-23-19)22(27)26-11-10-16(13-26)29-18-5-3-2-4-17(18)21-24-20(25-30-21)14-6-7-14/h2-5,8-9,12,14,16H,6-7,10-11,13H2,1H3. The zero-order chi connectivity index (χ0) is 20.5. The van der Waals surface area contributed by atoms with Gasteiger partial charge in [-0.15, -0.1) is 0 Å². The number of carbonyl (C=O) groups excluding carboxylic acids is 1. The fourth-order valence-electron chi connectivity index (χ4n) is 3.60. The summed E-state index contributed by atoms with van der Waals surface area (Å²) >= 11 is 0. The number of amides is 1. The second-order valence-electron chi connectivity index (χ2n) is 7.60. The predicted molar refractivity (Wildman–Crippen MR) is 107 cm³/mol. The number of likely N-dealkylation sites (tertiary alicyclic amines) is 1. The Labute approximate surface area is 173 Å². The van der Waals surface area contributed by atoms with E-state index in [1.807, 2.05) is 24.3 Å². The molecule has 1 saturated carbocycles. The van der Waals surface area contributed by atoms with Crippen molar-refractivity contribution in [2.75, 3.05) is 20.2 Å². The Balaban J connectivity index is 1.27. The van der Waals surface area contributed by atoms with Crippen LogP contribution in [0.4, 0.5) is 0 Å². The highest BCUT2D eigenvalue weighted by Gasteiger charge is 2.31. The van der Waals surface area contributed by atoms with E-state index < -0.39 is 0 Å². The molecule has 1 aliphatic carbocycles. The summed E-state index contributed by atoms with van der Waals surface area (Å²) in [6.07, 6.45) is 4.42. The second kappa shape index (κ2) is 7.78. The number of hydrogen-bond acceptors (Lipinski definition) is 7. The van der Waals surface area contributed by atoms with Crippen molar-refractivity contribution in [2.24, 2.45) is 0 Å². The van der Waals surface area contributed by atoms with E-state index in [4.69, 9.17) is 14.0 Å². The van der Waals surface area contributed by atoms with Crippen molar-refractivity contribution in [1.29, 1.82) is 0 Å². The van der Waals surface area contributed by atoms with Crippen LogP contribution >= 0.6 is 0 Å². The number of hydrogen-bond donors (Lipinski definition) is 0. The maximum absolute atomic E-state index is 12.8. The monoisotopic (exact) mass is 406 g/mol. The summed E-state index contributed by atoms with van der Waals surface area (Å²) in [4.78, 5) is 23.2. The minimum atomic E-state index is -0.105. The average Bonchev–Trinajstić information content (AvgIpc) is 3.33. The third kappa shape index (κ3) is 3.72. The van der Waals surface area contributed by atoms with E-state index in [1.165, 1.54) is 6.20 Å². The van der Waals surface area contributed by atoms with Crippen LogP contribution < -0.4 is 9.47 Å². The number of methoxy groups -OCH3 is 1. The molecule has 1 unspecified atom stereocenters. The van der Waals surface area contributed by atoms with Gasteiger partial charge in [-0.1, -0.05) is 17.3 Å². The lowest BCUT2D eigenvalue weighted by molar-refractivity contribution is 0.0772. The second-order valence-corrected chi connectivity index (χ2v) is 7.60. The molecule has 5 rings (SSSR count). The maximum atomic E-state index is 12.8. The molecule has 1 atom stereocenters. The molecule has 8 nitrogen and oxygen atoms in total. The number of pyridine rings is 1. The predicted octanol–water partition coefficient (Wildman–Crippen LogP) is 3.31. The molecular weight excluding hydrogens is 384 g/mol. The highest BCUT2D eigenvalue weighted by Crippen LogP contribution is 2.40. The first-order chi connectivity index (χ1) is 14.7. The van der Waals surface area contributed by atoms with Gasteiger partial charge in [0.1, 0.15) is 11.9 Å². The van der Waals surface area contributed by atoms with Crippen LogP contribution in [-0.2, 0) is 0 Å². The van der Waals surface area contributed by atoms with Crippen molar-refractivity contribution in [3.05, 3.63) is 54.0 Å². The number of ether oxygens (including phenoxy) is 2. The summed E-state index contributed by atoms with van der Waals surface area (Å²) in [5.41, 5.74) is 1.32. The maximum Gasteiger partial charge on any atom is 0.261 e. The molecule has 0 radical (unpaired) electrons. The molecule has 2 fully saturated rings. The van der Waals surface area contributed by atoms with Crippen LogP contribution in [0.25, 0.3) is 11.5 Å². The molecule has 0 N–H and O–H groups in total. The third-order valence-corrected chi connectivity index (χ3v) is 5.42. The van der Waals surface area contributed by atoms with Gasteiger partial charge in [-0.3, -0.25) is 4.79 Å². The van der Waals surface area contributed by atoms with Crippen LogP contribution in [0.2, 0.25) is 0 Å². The third-order valence-electron chi connectivity index (χ3n) is 5.42. The molecule has 0 bridgehead atoms. The first-order valence-corrected chi connectivity index (χ1v) is 10.1. The minimum Gasteiger partial charge on any atom is -0.488 e. The molecule has 1 aliphatic heterocycles. The highest BCUT2D eigenvalue weighted by molar-refractivity contribution is 5.94. The zero-order valence-electron chi connectivity index (χ0n) is 16.7. The first kappa shape index (κ1) is 18.6. The van der Waals surface area contributed by atoms with Crippen LogP contribution in [0, 0.1) is 0 Å². The van der Waals surface area contributed by atoms with E-state index in [0.29, 0.717) is 42.1 Å². The Morgan fingerprint density at radius 3 is 2.80 bits per heavy atom. The molecular formula is C22H22N4O4. The van der Waals surface area contributed by atoms with E-state index in [1.54, 1.807) is 24.1 Å². The molecule has 2 aromatic heterocycles. The van der Waals surface area contributed by atoms with E-state index in [0.717, 1.165) is 30.7 Å². The summed E-state index contributed by atoms with van der Waals surface area (Å²) in [6, 6.07) is 11.1. The van der Waals surface area contributed by atoms with Gasteiger partial charge >= 0.3 is 0 Å². The van der Waals surface area contributed by atoms with Gasteiger partial charge in [-0.25, -0.2) is 4.98 Å². The Morgan fingerprint density at radius 1 is 1.17 bits per heavy atom. The van der Waals surface area contributed by atoms with Gasteiger partial charge in [0.15, 0.2) is 5.82 Å². The smallest absolute Gasteiger partial charge is 0.261 e. The van der Waals surface area contributed by atoms with E-state index in [9.17, 15) is 4.79 Å². The van der Waals surface area contributed by atoms with Crippen molar-refractivity contribution < 1.29 is 18.8 Å². The van der Waals surface area contributed by atoms with Gasteiger partial charge in [0, 0.05) is 31.1 Å². The van der Waals surface area contributed by atoms with Gasteiger partial charge < -0.3 is 18.9 Å². The Bertz CT molecular complexity index is 1050.